The molecule has 2 N–H and O–H groups in total. The summed E-state index contributed by atoms with van der Waals surface area (Å²) in [6.45, 7) is 3.99. The molecule has 1 aromatic heterocycles. The molecule has 18 heavy (non-hydrogen) atoms. The van der Waals surface area contributed by atoms with E-state index in [9.17, 15) is 13.5 Å². The third kappa shape index (κ3) is 2.30. The predicted molar refractivity (Wildman–Crippen MR) is 66.3 cm³/mol. The number of H-pyrrole nitrogens is 1. The lowest BCUT2D eigenvalue weighted by atomic mass is 10.3. The fourth-order valence-electron chi connectivity index (χ4n) is 2.06. The molecule has 1 aromatic rings. The Morgan fingerprint density at radius 3 is 2.67 bits per heavy atom. The van der Waals surface area contributed by atoms with Gasteiger partial charge in [0.25, 0.3) is 10.0 Å². The molecule has 0 spiro atoms. The second kappa shape index (κ2) is 4.64. The SMILES string of the molecule is Cc1[nH]nc(S(=O)(=O)N(C)CC2CC2C)c1CO. The van der Waals surface area contributed by atoms with Crippen molar-refractivity contribution in [3.63, 3.8) is 0 Å². The van der Waals surface area contributed by atoms with Crippen LogP contribution in [0.4, 0.5) is 0 Å². The number of hydrogen-bond donors (Lipinski definition) is 2. The zero-order valence-corrected chi connectivity index (χ0v) is 11.7. The summed E-state index contributed by atoms with van der Waals surface area (Å²) in [6.07, 6.45) is 1.08. The zero-order chi connectivity index (χ0) is 13.5. The van der Waals surface area contributed by atoms with Crippen LogP contribution in [0, 0.1) is 18.8 Å². The van der Waals surface area contributed by atoms with Gasteiger partial charge in [-0.3, -0.25) is 5.10 Å². The molecule has 0 aromatic carbocycles. The van der Waals surface area contributed by atoms with Gasteiger partial charge in [0, 0.05) is 24.8 Å². The van der Waals surface area contributed by atoms with Crippen molar-refractivity contribution >= 4 is 10.0 Å². The van der Waals surface area contributed by atoms with Crippen molar-refractivity contribution in [2.24, 2.45) is 11.8 Å². The molecule has 2 unspecified atom stereocenters. The molecule has 0 amide bonds. The number of hydrogen-bond acceptors (Lipinski definition) is 4. The van der Waals surface area contributed by atoms with E-state index in [4.69, 9.17) is 0 Å². The van der Waals surface area contributed by atoms with Crippen molar-refractivity contribution in [1.29, 1.82) is 0 Å². The summed E-state index contributed by atoms with van der Waals surface area (Å²) in [5, 5.41) is 15.6. The molecule has 0 aliphatic heterocycles. The van der Waals surface area contributed by atoms with Crippen LogP contribution < -0.4 is 0 Å². The fraction of sp³-hybridized carbons (Fsp3) is 0.727. The highest BCUT2D eigenvalue weighted by Crippen LogP contribution is 2.38. The van der Waals surface area contributed by atoms with E-state index in [1.165, 1.54) is 4.31 Å². The van der Waals surface area contributed by atoms with Gasteiger partial charge in [-0.2, -0.15) is 9.40 Å². The standard InChI is InChI=1S/C11H19N3O3S/c1-7-4-9(7)5-14(3)18(16,17)11-10(6-15)8(2)12-13-11/h7,9,15H,4-6H2,1-3H3,(H,12,13). The average Bonchev–Trinajstić information content (AvgIpc) is 2.85. The number of nitrogens with one attached hydrogen (secondary N) is 1. The maximum Gasteiger partial charge on any atom is 0.262 e. The van der Waals surface area contributed by atoms with Crippen LogP contribution in [0.1, 0.15) is 24.6 Å². The molecule has 2 atom stereocenters. The minimum absolute atomic E-state index is 0.0571. The van der Waals surface area contributed by atoms with Crippen molar-refractivity contribution in [3.05, 3.63) is 11.3 Å². The van der Waals surface area contributed by atoms with Crippen molar-refractivity contribution in [3.8, 4) is 0 Å². The number of rotatable bonds is 5. The molecule has 1 aliphatic carbocycles. The van der Waals surface area contributed by atoms with Gasteiger partial charge in [0.15, 0.2) is 5.03 Å². The predicted octanol–water partition coefficient (Wildman–Crippen LogP) is 0.487. The van der Waals surface area contributed by atoms with E-state index in [0.717, 1.165) is 6.42 Å². The Labute approximate surface area is 107 Å². The maximum absolute atomic E-state index is 12.3. The number of aryl methyl sites for hydroxylation is 1. The third-order valence-corrected chi connectivity index (χ3v) is 5.41. The first-order valence-corrected chi connectivity index (χ1v) is 7.43. The van der Waals surface area contributed by atoms with Gasteiger partial charge in [0.1, 0.15) is 0 Å². The van der Waals surface area contributed by atoms with E-state index in [1.54, 1.807) is 14.0 Å². The molecule has 0 saturated heterocycles. The smallest absolute Gasteiger partial charge is 0.262 e. The first-order chi connectivity index (χ1) is 8.37. The Balaban J connectivity index is 2.24. The highest BCUT2D eigenvalue weighted by Gasteiger charge is 2.37. The van der Waals surface area contributed by atoms with Crippen molar-refractivity contribution < 1.29 is 13.5 Å². The lowest BCUT2D eigenvalue weighted by Crippen LogP contribution is -2.30. The van der Waals surface area contributed by atoms with Crippen LogP contribution in [0.2, 0.25) is 0 Å². The van der Waals surface area contributed by atoms with Crippen molar-refractivity contribution in [2.45, 2.75) is 31.9 Å². The number of nitrogens with zero attached hydrogens (tertiary/aromatic N) is 2. The first-order valence-electron chi connectivity index (χ1n) is 5.99. The van der Waals surface area contributed by atoms with Crippen LogP contribution in [0.15, 0.2) is 5.03 Å². The Morgan fingerprint density at radius 1 is 1.56 bits per heavy atom. The van der Waals surface area contributed by atoms with Gasteiger partial charge in [0.2, 0.25) is 0 Å². The summed E-state index contributed by atoms with van der Waals surface area (Å²) >= 11 is 0. The summed E-state index contributed by atoms with van der Waals surface area (Å²) in [4.78, 5) is 0. The molecule has 1 heterocycles. The number of aliphatic hydroxyl groups excluding tert-OH is 1. The van der Waals surface area contributed by atoms with Crippen LogP contribution >= 0.6 is 0 Å². The monoisotopic (exact) mass is 273 g/mol. The van der Waals surface area contributed by atoms with Crippen LogP contribution in [0.5, 0.6) is 0 Å². The van der Waals surface area contributed by atoms with E-state index >= 15 is 0 Å². The third-order valence-electron chi connectivity index (χ3n) is 3.62. The molecule has 0 radical (unpaired) electrons. The molecule has 6 nitrogen and oxygen atoms in total. The van der Waals surface area contributed by atoms with Gasteiger partial charge in [-0.05, 0) is 25.2 Å². The van der Waals surface area contributed by atoms with Crippen molar-refractivity contribution in [2.75, 3.05) is 13.6 Å². The zero-order valence-electron chi connectivity index (χ0n) is 10.8. The van der Waals surface area contributed by atoms with Crippen LogP contribution in [0.25, 0.3) is 0 Å². The lowest BCUT2D eigenvalue weighted by Gasteiger charge is -2.16. The number of aromatic nitrogens is 2. The second-order valence-corrected chi connectivity index (χ2v) is 7.01. The van der Waals surface area contributed by atoms with Gasteiger partial charge in [0.05, 0.1) is 6.61 Å². The Morgan fingerprint density at radius 2 is 2.17 bits per heavy atom. The maximum atomic E-state index is 12.3. The summed E-state index contributed by atoms with van der Waals surface area (Å²) < 4.78 is 26.0. The molecule has 1 aliphatic rings. The van der Waals surface area contributed by atoms with E-state index < -0.39 is 10.0 Å². The molecule has 102 valence electrons. The molecule has 0 bridgehead atoms. The normalized spacial score (nSPS) is 23.6. The van der Waals surface area contributed by atoms with E-state index in [1.807, 2.05) is 0 Å². The summed E-state index contributed by atoms with van der Waals surface area (Å²) in [5.41, 5.74) is 0.940. The highest BCUT2D eigenvalue weighted by atomic mass is 32.2. The van der Waals surface area contributed by atoms with E-state index in [-0.39, 0.29) is 11.6 Å². The van der Waals surface area contributed by atoms with E-state index in [0.29, 0.717) is 29.6 Å². The molecular weight excluding hydrogens is 254 g/mol. The molecule has 2 rings (SSSR count). The molecule has 7 heteroatoms. The van der Waals surface area contributed by atoms with Crippen LogP contribution in [0.3, 0.4) is 0 Å². The Bertz CT molecular complexity index is 538. The van der Waals surface area contributed by atoms with Crippen LogP contribution in [-0.2, 0) is 16.6 Å². The van der Waals surface area contributed by atoms with Crippen molar-refractivity contribution in [1.82, 2.24) is 14.5 Å². The quantitative estimate of drug-likeness (QED) is 0.817. The van der Waals surface area contributed by atoms with Gasteiger partial charge >= 0.3 is 0 Å². The minimum atomic E-state index is -3.61. The lowest BCUT2D eigenvalue weighted by molar-refractivity contribution is 0.277. The van der Waals surface area contributed by atoms with Gasteiger partial charge < -0.3 is 5.11 Å². The number of sulfonamides is 1. The molecule has 1 fully saturated rings. The topological polar surface area (TPSA) is 86.3 Å². The first kappa shape index (κ1) is 13.5. The largest absolute Gasteiger partial charge is 0.392 e. The second-order valence-electron chi connectivity index (χ2n) is 5.05. The van der Waals surface area contributed by atoms with Gasteiger partial charge in [-0.15, -0.1) is 0 Å². The summed E-state index contributed by atoms with van der Waals surface area (Å²) in [5.74, 6) is 1.04. The molecule has 1 saturated carbocycles. The van der Waals surface area contributed by atoms with Gasteiger partial charge in [-0.25, -0.2) is 8.42 Å². The van der Waals surface area contributed by atoms with Crippen LogP contribution in [-0.4, -0.2) is 41.6 Å². The number of aliphatic hydroxyl groups is 1. The summed E-state index contributed by atoms with van der Waals surface area (Å²) in [7, 11) is -2.05. The van der Waals surface area contributed by atoms with Gasteiger partial charge in [-0.1, -0.05) is 6.92 Å². The molecular formula is C11H19N3O3S. The highest BCUT2D eigenvalue weighted by molar-refractivity contribution is 7.89. The Kier molecular flexibility index (Phi) is 3.48. The van der Waals surface area contributed by atoms with E-state index in [2.05, 4.69) is 17.1 Å². The fourth-order valence-corrected chi connectivity index (χ4v) is 3.43. The summed E-state index contributed by atoms with van der Waals surface area (Å²) in [6, 6.07) is 0. The number of aromatic amines is 1. The Hall–Kier alpha value is -0.920. The average molecular weight is 273 g/mol. The minimum Gasteiger partial charge on any atom is -0.392 e.